The summed E-state index contributed by atoms with van der Waals surface area (Å²) in [5.74, 6) is -0.353. The zero-order valence-electron chi connectivity index (χ0n) is 10.9. The maximum Gasteiger partial charge on any atom is 0.273 e. The second-order valence-corrected chi connectivity index (χ2v) is 4.30. The van der Waals surface area contributed by atoms with Gasteiger partial charge in [0, 0.05) is 17.3 Å². The largest absolute Gasteiger partial charge is 0.326 e. The highest BCUT2D eigenvalue weighted by atomic mass is 16.6. The molecule has 2 aromatic rings. The number of carbonyl (C=O) groups is 1. The van der Waals surface area contributed by atoms with Crippen molar-refractivity contribution in [3.63, 3.8) is 0 Å². The molecule has 0 saturated heterocycles. The van der Waals surface area contributed by atoms with Crippen LogP contribution in [0.3, 0.4) is 0 Å². The van der Waals surface area contributed by atoms with Gasteiger partial charge >= 0.3 is 0 Å². The standard InChI is InChI=1S/C15H11N3O3/c16-10-11-5-7-13(8-6-11)17-15(19)9-12-3-1-2-4-14(12)18(20)21/h1-8H,9H2,(H,17,19). The molecule has 0 spiro atoms. The van der Waals surface area contributed by atoms with Gasteiger partial charge in [-0.25, -0.2) is 0 Å². The topological polar surface area (TPSA) is 96.0 Å². The van der Waals surface area contributed by atoms with E-state index < -0.39 is 4.92 Å². The first kappa shape index (κ1) is 14.2. The van der Waals surface area contributed by atoms with Gasteiger partial charge in [-0.05, 0) is 24.3 Å². The predicted molar refractivity (Wildman–Crippen MR) is 76.6 cm³/mol. The fourth-order valence-electron chi connectivity index (χ4n) is 1.84. The van der Waals surface area contributed by atoms with Crippen molar-refractivity contribution >= 4 is 17.3 Å². The number of nitriles is 1. The van der Waals surface area contributed by atoms with Crippen molar-refractivity contribution in [1.29, 1.82) is 5.26 Å². The molecule has 0 bridgehead atoms. The number of nitro benzene ring substituents is 1. The molecular formula is C15H11N3O3. The zero-order chi connectivity index (χ0) is 15.2. The van der Waals surface area contributed by atoms with Crippen molar-refractivity contribution in [3.8, 4) is 6.07 Å². The molecule has 2 rings (SSSR count). The quantitative estimate of drug-likeness (QED) is 0.688. The summed E-state index contributed by atoms with van der Waals surface area (Å²) in [5, 5.41) is 22.2. The molecule has 2 aromatic carbocycles. The Morgan fingerprint density at radius 3 is 2.48 bits per heavy atom. The lowest BCUT2D eigenvalue weighted by atomic mass is 10.1. The van der Waals surface area contributed by atoms with Crippen LogP contribution in [0.25, 0.3) is 0 Å². The second kappa shape index (κ2) is 6.30. The molecule has 0 radical (unpaired) electrons. The average molecular weight is 281 g/mol. The highest BCUT2D eigenvalue weighted by Crippen LogP contribution is 2.18. The highest BCUT2D eigenvalue weighted by Gasteiger charge is 2.15. The molecule has 6 heteroatoms. The predicted octanol–water partition coefficient (Wildman–Crippen LogP) is 2.65. The third-order valence-corrected chi connectivity index (χ3v) is 2.84. The summed E-state index contributed by atoms with van der Waals surface area (Å²) in [5.41, 5.74) is 1.31. The number of nitrogens with one attached hydrogen (secondary N) is 1. The lowest BCUT2D eigenvalue weighted by Gasteiger charge is -2.05. The molecule has 0 aliphatic heterocycles. The van der Waals surface area contributed by atoms with Crippen LogP contribution in [-0.4, -0.2) is 10.8 Å². The van der Waals surface area contributed by atoms with Gasteiger partial charge in [0.05, 0.1) is 23.0 Å². The van der Waals surface area contributed by atoms with E-state index in [1.54, 1.807) is 42.5 Å². The molecule has 0 aromatic heterocycles. The van der Waals surface area contributed by atoms with Crippen molar-refractivity contribution in [2.24, 2.45) is 0 Å². The number of hydrogen-bond donors (Lipinski definition) is 1. The van der Waals surface area contributed by atoms with Crippen molar-refractivity contribution in [3.05, 3.63) is 69.8 Å². The summed E-state index contributed by atoms with van der Waals surface area (Å²) in [7, 11) is 0. The third kappa shape index (κ3) is 3.64. The minimum atomic E-state index is -0.510. The summed E-state index contributed by atoms with van der Waals surface area (Å²) in [4.78, 5) is 22.3. The van der Waals surface area contributed by atoms with Gasteiger partial charge in [0.15, 0.2) is 0 Å². The van der Waals surface area contributed by atoms with Gasteiger partial charge in [0.1, 0.15) is 0 Å². The van der Waals surface area contributed by atoms with E-state index in [0.29, 0.717) is 16.8 Å². The van der Waals surface area contributed by atoms with Crippen LogP contribution in [0, 0.1) is 21.4 Å². The fourth-order valence-corrected chi connectivity index (χ4v) is 1.84. The molecule has 0 unspecified atom stereocenters. The number of carbonyl (C=O) groups excluding carboxylic acids is 1. The first-order chi connectivity index (χ1) is 10.1. The fraction of sp³-hybridized carbons (Fsp3) is 0.0667. The van der Waals surface area contributed by atoms with Crippen LogP contribution in [-0.2, 0) is 11.2 Å². The molecule has 104 valence electrons. The summed E-state index contributed by atoms with van der Waals surface area (Å²) < 4.78 is 0. The number of benzene rings is 2. The molecule has 0 aliphatic rings. The Hall–Kier alpha value is -3.20. The number of nitro groups is 1. The van der Waals surface area contributed by atoms with E-state index in [1.807, 2.05) is 6.07 Å². The zero-order valence-corrected chi connectivity index (χ0v) is 10.9. The Kier molecular flexibility index (Phi) is 4.26. The number of hydrogen-bond acceptors (Lipinski definition) is 4. The van der Waals surface area contributed by atoms with E-state index in [0.717, 1.165) is 0 Å². The molecule has 0 fully saturated rings. The van der Waals surface area contributed by atoms with E-state index in [9.17, 15) is 14.9 Å². The Labute approximate surface area is 120 Å². The van der Waals surface area contributed by atoms with Crippen LogP contribution in [0.2, 0.25) is 0 Å². The Morgan fingerprint density at radius 1 is 1.19 bits per heavy atom. The molecule has 0 heterocycles. The molecule has 6 nitrogen and oxygen atoms in total. The monoisotopic (exact) mass is 281 g/mol. The lowest BCUT2D eigenvalue weighted by Crippen LogP contribution is -2.15. The Bertz CT molecular complexity index is 718. The van der Waals surface area contributed by atoms with E-state index in [4.69, 9.17) is 5.26 Å². The van der Waals surface area contributed by atoms with Crippen LogP contribution >= 0.6 is 0 Å². The number of rotatable bonds is 4. The van der Waals surface area contributed by atoms with Gasteiger partial charge in [0.2, 0.25) is 5.91 Å². The summed E-state index contributed by atoms with van der Waals surface area (Å²) in [6.45, 7) is 0. The van der Waals surface area contributed by atoms with Gasteiger partial charge in [-0.1, -0.05) is 18.2 Å². The van der Waals surface area contributed by atoms with E-state index in [-0.39, 0.29) is 18.0 Å². The van der Waals surface area contributed by atoms with Crippen LogP contribution in [0.1, 0.15) is 11.1 Å². The lowest BCUT2D eigenvalue weighted by molar-refractivity contribution is -0.385. The summed E-state index contributed by atoms with van der Waals surface area (Å²) in [6.07, 6.45) is -0.0862. The van der Waals surface area contributed by atoms with Crippen LogP contribution in [0.4, 0.5) is 11.4 Å². The number of para-hydroxylation sites is 1. The van der Waals surface area contributed by atoms with Crippen LogP contribution in [0.15, 0.2) is 48.5 Å². The van der Waals surface area contributed by atoms with Crippen molar-refractivity contribution < 1.29 is 9.72 Å². The number of anilines is 1. The van der Waals surface area contributed by atoms with Crippen molar-refractivity contribution in [2.45, 2.75) is 6.42 Å². The van der Waals surface area contributed by atoms with Crippen molar-refractivity contribution in [2.75, 3.05) is 5.32 Å². The Morgan fingerprint density at radius 2 is 1.86 bits per heavy atom. The maximum absolute atomic E-state index is 11.9. The van der Waals surface area contributed by atoms with Crippen molar-refractivity contribution in [1.82, 2.24) is 0 Å². The molecule has 0 atom stereocenters. The highest BCUT2D eigenvalue weighted by molar-refractivity contribution is 5.92. The SMILES string of the molecule is N#Cc1ccc(NC(=O)Cc2ccccc2[N+](=O)[O-])cc1. The normalized spacial score (nSPS) is 9.67. The summed E-state index contributed by atoms with van der Waals surface area (Å²) in [6, 6.07) is 14.5. The maximum atomic E-state index is 11.9. The molecule has 0 aliphatic carbocycles. The first-order valence-corrected chi connectivity index (χ1v) is 6.12. The van der Waals surface area contributed by atoms with Gasteiger partial charge in [-0.15, -0.1) is 0 Å². The molecule has 0 saturated carbocycles. The molecule has 21 heavy (non-hydrogen) atoms. The van der Waals surface area contributed by atoms with E-state index in [2.05, 4.69) is 5.32 Å². The minimum Gasteiger partial charge on any atom is -0.326 e. The molecule has 1 amide bonds. The van der Waals surface area contributed by atoms with Crippen LogP contribution in [0.5, 0.6) is 0 Å². The Balaban J connectivity index is 2.08. The number of amides is 1. The molecular weight excluding hydrogens is 270 g/mol. The van der Waals surface area contributed by atoms with Gasteiger partial charge in [-0.3, -0.25) is 14.9 Å². The minimum absolute atomic E-state index is 0.0764. The van der Waals surface area contributed by atoms with Crippen LogP contribution < -0.4 is 5.32 Å². The smallest absolute Gasteiger partial charge is 0.273 e. The third-order valence-electron chi connectivity index (χ3n) is 2.84. The van der Waals surface area contributed by atoms with Gasteiger partial charge in [0.25, 0.3) is 5.69 Å². The second-order valence-electron chi connectivity index (χ2n) is 4.30. The van der Waals surface area contributed by atoms with E-state index >= 15 is 0 Å². The van der Waals surface area contributed by atoms with E-state index in [1.165, 1.54) is 6.07 Å². The first-order valence-electron chi connectivity index (χ1n) is 6.12. The summed E-state index contributed by atoms with van der Waals surface area (Å²) >= 11 is 0. The average Bonchev–Trinajstić information content (AvgIpc) is 2.48. The van der Waals surface area contributed by atoms with Gasteiger partial charge < -0.3 is 5.32 Å². The number of nitrogens with zero attached hydrogens (tertiary/aromatic N) is 2. The van der Waals surface area contributed by atoms with Gasteiger partial charge in [-0.2, -0.15) is 5.26 Å². The molecule has 1 N–H and O–H groups in total.